The Bertz CT molecular complexity index is 879. The highest BCUT2D eigenvalue weighted by Crippen LogP contribution is 2.27. The summed E-state index contributed by atoms with van der Waals surface area (Å²) in [7, 11) is 0. The molecule has 1 N–H and O–H groups in total. The van der Waals surface area contributed by atoms with Crippen molar-refractivity contribution >= 4 is 34.7 Å². The minimum Gasteiger partial charge on any atom is -0.485 e. The van der Waals surface area contributed by atoms with Gasteiger partial charge in [0.05, 0.1) is 22.6 Å². The molecule has 0 radical (unpaired) electrons. The van der Waals surface area contributed by atoms with Crippen LogP contribution in [0, 0.1) is 13.8 Å². The second kappa shape index (κ2) is 8.87. The molecule has 0 fully saturated rings. The number of rotatable bonds is 7. The first-order chi connectivity index (χ1) is 12.6. The van der Waals surface area contributed by atoms with Gasteiger partial charge in [-0.15, -0.1) is 23.1 Å². The van der Waals surface area contributed by atoms with Crippen molar-refractivity contribution in [2.24, 2.45) is 0 Å². The van der Waals surface area contributed by atoms with E-state index < -0.39 is 0 Å². The molecule has 2 aromatic carbocycles. The summed E-state index contributed by atoms with van der Waals surface area (Å²) in [5, 5.41) is 4.89. The molecule has 0 aliphatic carbocycles. The number of nitrogens with one attached hydrogen (secondary N) is 1. The largest absolute Gasteiger partial charge is 0.485 e. The highest BCUT2D eigenvalue weighted by molar-refractivity contribution is 8.00. The van der Waals surface area contributed by atoms with E-state index in [1.54, 1.807) is 17.3 Å². The number of amides is 1. The van der Waals surface area contributed by atoms with E-state index in [0.717, 1.165) is 10.6 Å². The van der Waals surface area contributed by atoms with Crippen molar-refractivity contribution in [2.75, 3.05) is 11.1 Å². The van der Waals surface area contributed by atoms with Gasteiger partial charge in [0.25, 0.3) is 0 Å². The number of ether oxygens (including phenoxy) is 1. The fraction of sp³-hybridized carbons (Fsp3) is 0.200. The van der Waals surface area contributed by atoms with Gasteiger partial charge in [-0.3, -0.25) is 4.79 Å². The number of hydrogen-bond donors (Lipinski definition) is 1. The summed E-state index contributed by atoms with van der Waals surface area (Å²) < 4.78 is 5.80. The zero-order chi connectivity index (χ0) is 18.4. The molecule has 0 unspecified atom stereocenters. The van der Waals surface area contributed by atoms with Crippen LogP contribution in [-0.4, -0.2) is 16.6 Å². The Morgan fingerprint density at radius 3 is 2.88 bits per heavy atom. The van der Waals surface area contributed by atoms with Gasteiger partial charge in [-0.25, -0.2) is 4.98 Å². The minimum atomic E-state index is -0.0550. The second-order valence-electron chi connectivity index (χ2n) is 5.87. The van der Waals surface area contributed by atoms with Gasteiger partial charge in [0.15, 0.2) is 0 Å². The first kappa shape index (κ1) is 18.5. The van der Waals surface area contributed by atoms with Crippen molar-refractivity contribution < 1.29 is 9.53 Å². The summed E-state index contributed by atoms with van der Waals surface area (Å²) in [6.07, 6.45) is 0. The van der Waals surface area contributed by atoms with Crippen molar-refractivity contribution in [1.29, 1.82) is 0 Å². The van der Waals surface area contributed by atoms with Crippen LogP contribution in [-0.2, 0) is 11.4 Å². The van der Waals surface area contributed by atoms with Crippen molar-refractivity contribution in [2.45, 2.75) is 25.3 Å². The lowest BCUT2D eigenvalue weighted by atomic mass is 10.2. The Hall–Kier alpha value is -2.31. The molecule has 3 rings (SSSR count). The lowest BCUT2D eigenvalue weighted by Gasteiger charge is -2.12. The normalized spacial score (nSPS) is 10.5. The quantitative estimate of drug-likeness (QED) is 0.578. The monoisotopic (exact) mass is 384 g/mol. The summed E-state index contributed by atoms with van der Waals surface area (Å²) >= 11 is 3.08. The fourth-order valence-electron chi connectivity index (χ4n) is 2.35. The predicted octanol–water partition coefficient (Wildman–Crippen LogP) is 5.07. The number of carbonyl (C=O) groups excluding carboxylic acids is 1. The van der Waals surface area contributed by atoms with Crippen LogP contribution in [0.5, 0.6) is 5.75 Å². The highest BCUT2D eigenvalue weighted by Gasteiger charge is 2.10. The smallest absolute Gasteiger partial charge is 0.234 e. The maximum atomic E-state index is 12.4. The van der Waals surface area contributed by atoms with Gasteiger partial charge in [-0.2, -0.15) is 0 Å². The Morgan fingerprint density at radius 2 is 2.08 bits per heavy atom. The molecule has 26 heavy (non-hydrogen) atoms. The minimum absolute atomic E-state index is 0.0550. The third-order valence-corrected chi connectivity index (χ3v) is 5.52. The molecule has 0 saturated heterocycles. The molecule has 4 nitrogen and oxygen atoms in total. The van der Waals surface area contributed by atoms with Gasteiger partial charge >= 0.3 is 0 Å². The third kappa shape index (κ3) is 5.09. The van der Waals surface area contributed by atoms with E-state index in [4.69, 9.17) is 4.74 Å². The number of aryl methyl sites for hydroxylation is 2. The predicted molar refractivity (Wildman–Crippen MR) is 108 cm³/mol. The summed E-state index contributed by atoms with van der Waals surface area (Å²) in [6, 6.07) is 13.7. The summed E-state index contributed by atoms with van der Waals surface area (Å²) in [4.78, 5) is 17.7. The molecule has 134 valence electrons. The molecule has 1 aromatic heterocycles. The van der Waals surface area contributed by atoms with E-state index in [-0.39, 0.29) is 5.91 Å². The van der Waals surface area contributed by atoms with Crippen LogP contribution in [0.2, 0.25) is 0 Å². The molecular weight excluding hydrogens is 364 g/mol. The number of aromatic nitrogens is 1. The van der Waals surface area contributed by atoms with E-state index in [0.29, 0.717) is 23.8 Å². The maximum absolute atomic E-state index is 12.4. The van der Waals surface area contributed by atoms with Crippen LogP contribution in [0.25, 0.3) is 0 Å². The van der Waals surface area contributed by atoms with Crippen molar-refractivity contribution in [3.05, 3.63) is 70.2 Å². The molecule has 0 saturated carbocycles. The second-order valence-corrected chi connectivity index (χ2v) is 7.61. The first-order valence-corrected chi connectivity index (χ1v) is 10.1. The Morgan fingerprint density at radius 1 is 1.23 bits per heavy atom. The molecule has 0 bridgehead atoms. The molecule has 1 amide bonds. The van der Waals surface area contributed by atoms with Crippen LogP contribution in [0.4, 0.5) is 5.69 Å². The van der Waals surface area contributed by atoms with Crippen LogP contribution >= 0.6 is 23.1 Å². The zero-order valence-electron chi connectivity index (χ0n) is 14.7. The number of hydrogen-bond acceptors (Lipinski definition) is 5. The van der Waals surface area contributed by atoms with E-state index in [2.05, 4.69) is 42.3 Å². The van der Waals surface area contributed by atoms with E-state index in [1.807, 2.05) is 29.6 Å². The molecule has 0 spiro atoms. The van der Waals surface area contributed by atoms with Crippen LogP contribution < -0.4 is 10.1 Å². The molecule has 1 heterocycles. The van der Waals surface area contributed by atoms with Gasteiger partial charge in [0, 0.05) is 10.3 Å². The molecule has 6 heteroatoms. The number of thiazole rings is 1. The van der Waals surface area contributed by atoms with Crippen LogP contribution in [0.15, 0.2) is 58.3 Å². The van der Waals surface area contributed by atoms with Crippen LogP contribution in [0.1, 0.15) is 16.8 Å². The van der Waals surface area contributed by atoms with Crippen LogP contribution in [0.3, 0.4) is 0 Å². The molecule has 0 aliphatic rings. The molecular formula is C20H20N2O2S2. The van der Waals surface area contributed by atoms with E-state index in [1.165, 1.54) is 22.5 Å². The first-order valence-electron chi connectivity index (χ1n) is 8.20. The molecule has 3 aromatic rings. The summed E-state index contributed by atoms with van der Waals surface area (Å²) in [5.74, 6) is 0.941. The maximum Gasteiger partial charge on any atom is 0.234 e. The Balaban J connectivity index is 1.59. The Labute approximate surface area is 161 Å². The highest BCUT2D eigenvalue weighted by atomic mass is 32.2. The number of benzene rings is 2. The van der Waals surface area contributed by atoms with Gasteiger partial charge in [0.2, 0.25) is 5.91 Å². The topological polar surface area (TPSA) is 51.2 Å². The SMILES string of the molecule is Cc1ccc(C)c(SCC(=O)Nc2ccccc2OCc2cscn2)c1. The Kier molecular flexibility index (Phi) is 6.30. The average molecular weight is 385 g/mol. The number of nitrogens with zero attached hydrogens (tertiary/aromatic N) is 1. The lowest BCUT2D eigenvalue weighted by Crippen LogP contribution is -2.15. The standard InChI is InChI=1S/C20H20N2O2S2/c1-14-7-8-15(2)19(9-14)26-12-20(23)22-17-5-3-4-6-18(17)24-10-16-11-25-13-21-16/h3-9,11,13H,10,12H2,1-2H3,(H,22,23). The number of thioether (sulfide) groups is 1. The zero-order valence-corrected chi connectivity index (χ0v) is 16.3. The molecule has 0 aliphatic heterocycles. The summed E-state index contributed by atoms with van der Waals surface area (Å²) in [5.41, 5.74) is 5.70. The van der Waals surface area contributed by atoms with E-state index in [9.17, 15) is 4.79 Å². The number of para-hydroxylation sites is 2. The van der Waals surface area contributed by atoms with Crippen molar-refractivity contribution in [1.82, 2.24) is 4.98 Å². The van der Waals surface area contributed by atoms with Crippen molar-refractivity contribution in [3.8, 4) is 5.75 Å². The molecule has 0 atom stereocenters. The van der Waals surface area contributed by atoms with Crippen molar-refractivity contribution in [3.63, 3.8) is 0 Å². The van der Waals surface area contributed by atoms with E-state index >= 15 is 0 Å². The van der Waals surface area contributed by atoms with Gasteiger partial charge < -0.3 is 10.1 Å². The van der Waals surface area contributed by atoms with Gasteiger partial charge in [0.1, 0.15) is 12.4 Å². The average Bonchev–Trinajstić information content (AvgIpc) is 3.15. The number of anilines is 1. The van der Waals surface area contributed by atoms with Gasteiger partial charge in [-0.05, 0) is 37.6 Å². The summed E-state index contributed by atoms with van der Waals surface area (Å²) in [6.45, 7) is 4.49. The number of carbonyl (C=O) groups is 1. The van der Waals surface area contributed by atoms with Gasteiger partial charge in [-0.1, -0.05) is 29.8 Å². The fourth-order valence-corrected chi connectivity index (χ4v) is 3.82. The lowest BCUT2D eigenvalue weighted by molar-refractivity contribution is -0.113. The third-order valence-electron chi connectivity index (χ3n) is 3.72.